The summed E-state index contributed by atoms with van der Waals surface area (Å²) in [6.45, 7) is 2.09. The molecule has 2 aromatic rings. The number of rotatable bonds is 10. The maximum absolute atomic E-state index is 14.1. The zero-order valence-corrected chi connectivity index (χ0v) is 18.0. The summed E-state index contributed by atoms with van der Waals surface area (Å²) >= 11 is 0. The third kappa shape index (κ3) is 5.25. The van der Waals surface area contributed by atoms with Crippen LogP contribution in [0.5, 0.6) is 5.75 Å². The van der Waals surface area contributed by atoms with Gasteiger partial charge in [0, 0.05) is 18.4 Å². The molecule has 2 amide bonds. The van der Waals surface area contributed by atoms with Crippen LogP contribution >= 0.6 is 0 Å². The first-order valence-corrected chi connectivity index (χ1v) is 10.7. The van der Waals surface area contributed by atoms with Crippen molar-refractivity contribution in [3.8, 4) is 5.75 Å². The van der Waals surface area contributed by atoms with Gasteiger partial charge in [0.15, 0.2) is 0 Å². The van der Waals surface area contributed by atoms with Crippen molar-refractivity contribution in [2.75, 3.05) is 11.5 Å². The fraction of sp³-hybridized carbons (Fsp3) is 0.375. The van der Waals surface area contributed by atoms with Crippen LogP contribution < -0.4 is 4.90 Å². The number of hydrogen-bond donors (Lipinski definition) is 1. The van der Waals surface area contributed by atoms with E-state index in [0.717, 1.165) is 0 Å². The Morgan fingerprint density at radius 1 is 1.25 bits per heavy atom. The second-order valence-electron chi connectivity index (χ2n) is 7.59. The molecule has 0 spiro atoms. The number of nitrogens with zero attached hydrogens (tertiary/aromatic N) is 2. The molecule has 0 aliphatic carbocycles. The van der Waals surface area contributed by atoms with E-state index in [-0.39, 0.29) is 42.7 Å². The van der Waals surface area contributed by atoms with Gasteiger partial charge in [0.25, 0.3) is 0 Å². The molecule has 1 aliphatic heterocycles. The molecule has 1 aliphatic rings. The summed E-state index contributed by atoms with van der Waals surface area (Å²) in [6, 6.07) is 11.2. The van der Waals surface area contributed by atoms with E-state index in [9.17, 15) is 23.9 Å². The van der Waals surface area contributed by atoms with Crippen LogP contribution in [0, 0.1) is 5.82 Å². The third-order valence-electron chi connectivity index (χ3n) is 5.54. The molecular weight excluding hydrogens is 415 g/mol. The number of esters is 1. The van der Waals surface area contributed by atoms with E-state index in [1.807, 2.05) is 0 Å². The Labute approximate surface area is 186 Å². The monoisotopic (exact) mass is 442 g/mol. The first-order valence-electron chi connectivity index (χ1n) is 10.7. The molecule has 0 radical (unpaired) electrons. The summed E-state index contributed by atoms with van der Waals surface area (Å²) in [4.78, 5) is 38.9. The van der Waals surface area contributed by atoms with Crippen LogP contribution in [0.3, 0.4) is 0 Å². The van der Waals surface area contributed by atoms with Crippen molar-refractivity contribution in [1.29, 1.82) is 0 Å². The molecule has 0 bridgehead atoms. The standard InChI is InChI=1S/C24H27FN2O5/c1-2-32-23(30)12-6-9-17-8-5-11-20(24(17)31)27(16-28)21-13-14-22(29)26(21)15-18-7-3-4-10-19(18)25/h3-5,7-8,10-11,16,21,31H,2,6,9,12-15H2,1H3. The number of phenols is 1. The number of likely N-dealkylation sites (tertiary alicyclic amines) is 1. The molecule has 8 heteroatoms. The Balaban J connectivity index is 1.79. The molecule has 1 atom stereocenters. The lowest BCUT2D eigenvalue weighted by Crippen LogP contribution is -2.45. The molecule has 32 heavy (non-hydrogen) atoms. The number of aromatic hydroxyl groups is 1. The molecule has 0 saturated carbocycles. The van der Waals surface area contributed by atoms with Crippen molar-refractivity contribution in [2.45, 2.75) is 51.7 Å². The topological polar surface area (TPSA) is 87.2 Å². The predicted octanol–water partition coefficient (Wildman–Crippen LogP) is 3.53. The number of benzene rings is 2. The van der Waals surface area contributed by atoms with E-state index < -0.39 is 12.0 Å². The van der Waals surface area contributed by atoms with Crippen LogP contribution in [-0.2, 0) is 32.1 Å². The highest BCUT2D eigenvalue weighted by atomic mass is 19.1. The molecule has 1 fully saturated rings. The number of carbonyl (C=O) groups is 3. The van der Waals surface area contributed by atoms with Gasteiger partial charge in [-0.2, -0.15) is 0 Å². The summed E-state index contributed by atoms with van der Waals surface area (Å²) in [6.07, 6.45) is 1.67. The summed E-state index contributed by atoms with van der Waals surface area (Å²) < 4.78 is 19.1. The van der Waals surface area contributed by atoms with Gasteiger partial charge in [0.1, 0.15) is 17.7 Å². The van der Waals surface area contributed by atoms with Crippen LogP contribution in [0.1, 0.15) is 43.7 Å². The molecule has 7 nitrogen and oxygen atoms in total. The minimum atomic E-state index is -0.639. The number of anilines is 1. The second kappa shape index (κ2) is 10.7. The van der Waals surface area contributed by atoms with Gasteiger partial charge in [0.05, 0.1) is 18.8 Å². The van der Waals surface area contributed by atoms with Crippen LogP contribution in [0.2, 0.25) is 0 Å². The first-order chi connectivity index (χ1) is 15.5. The van der Waals surface area contributed by atoms with E-state index >= 15 is 0 Å². The van der Waals surface area contributed by atoms with Gasteiger partial charge in [-0.3, -0.25) is 19.3 Å². The maximum Gasteiger partial charge on any atom is 0.305 e. The first kappa shape index (κ1) is 23.2. The van der Waals surface area contributed by atoms with E-state index in [2.05, 4.69) is 0 Å². The molecular formula is C24H27FN2O5. The average molecular weight is 442 g/mol. The van der Waals surface area contributed by atoms with Crippen molar-refractivity contribution in [2.24, 2.45) is 0 Å². The minimum Gasteiger partial charge on any atom is -0.505 e. The summed E-state index contributed by atoms with van der Waals surface area (Å²) in [7, 11) is 0. The maximum atomic E-state index is 14.1. The fourth-order valence-corrected chi connectivity index (χ4v) is 3.94. The number of phenolic OH excluding ortho intramolecular Hbond substituents is 1. The molecule has 1 unspecified atom stereocenters. The number of amides is 2. The van der Waals surface area contributed by atoms with Crippen molar-refractivity contribution >= 4 is 24.0 Å². The zero-order chi connectivity index (χ0) is 23.1. The van der Waals surface area contributed by atoms with Gasteiger partial charge < -0.3 is 14.7 Å². The highest BCUT2D eigenvalue weighted by Gasteiger charge is 2.36. The minimum absolute atomic E-state index is 0.0283. The van der Waals surface area contributed by atoms with Crippen molar-refractivity contribution in [3.63, 3.8) is 0 Å². The number of carbonyl (C=O) groups excluding carboxylic acids is 3. The molecule has 1 heterocycles. The van der Waals surface area contributed by atoms with E-state index in [4.69, 9.17) is 4.74 Å². The van der Waals surface area contributed by atoms with Crippen LogP contribution in [0.15, 0.2) is 42.5 Å². The van der Waals surface area contributed by atoms with Gasteiger partial charge in [-0.1, -0.05) is 30.3 Å². The lowest BCUT2D eigenvalue weighted by molar-refractivity contribution is -0.143. The van der Waals surface area contributed by atoms with Crippen molar-refractivity contribution in [3.05, 3.63) is 59.4 Å². The highest BCUT2D eigenvalue weighted by Crippen LogP contribution is 2.36. The van der Waals surface area contributed by atoms with Crippen LogP contribution in [-0.4, -0.2) is 41.1 Å². The summed E-state index contributed by atoms with van der Waals surface area (Å²) in [5.41, 5.74) is 1.21. The number of hydrogen-bond acceptors (Lipinski definition) is 5. The average Bonchev–Trinajstić information content (AvgIpc) is 3.13. The quantitative estimate of drug-likeness (QED) is 0.449. The van der Waals surface area contributed by atoms with Gasteiger partial charge >= 0.3 is 5.97 Å². The Morgan fingerprint density at radius 3 is 2.72 bits per heavy atom. The largest absolute Gasteiger partial charge is 0.505 e. The summed E-state index contributed by atoms with van der Waals surface area (Å²) in [5.74, 6) is -0.982. The van der Waals surface area contributed by atoms with Crippen molar-refractivity contribution < 1.29 is 28.6 Å². The SMILES string of the molecule is CCOC(=O)CCCc1cccc(N(C=O)C2CCC(=O)N2Cc2ccccc2F)c1O. The smallest absolute Gasteiger partial charge is 0.305 e. The number of aryl methyl sites for hydroxylation is 1. The van der Waals surface area contributed by atoms with Gasteiger partial charge in [-0.05, 0) is 43.9 Å². The third-order valence-corrected chi connectivity index (χ3v) is 5.54. The fourth-order valence-electron chi connectivity index (χ4n) is 3.94. The highest BCUT2D eigenvalue weighted by molar-refractivity contribution is 5.85. The van der Waals surface area contributed by atoms with Crippen LogP contribution in [0.25, 0.3) is 0 Å². The van der Waals surface area contributed by atoms with Gasteiger partial charge in [-0.15, -0.1) is 0 Å². The Bertz CT molecular complexity index is 981. The van der Waals surface area contributed by atoms with E-state index in [0.29, 0.717) is 43.4 Å². The molecule has 1 N–H and O–H groups in total. The Kier molecular flexibility index (Phi) is 7.81. The Morgan fingerprint density at radius 2 is 2.00 bits per heavy atom. The molecule has 1 saturated heterocycles. The lowest BCUT2D eigenvalue weighted by atomic mass is 10.1. The van der Waals surface area contributed by atoms with Gasteiger partial charge in [-0.25, -0.2) is 4.39 Å². The zero-order valence-electron chi connectivity index (χ0n) is 18.0. The molecule has 0 aromatic heterocycles. The summed E-state index contributed by atoms with van der Waals surface area (Å²) in [5, 5.41) is 10.8. The molecule has 170 valence electrons. The number of ether oxygens (including phenoxy) is 1. The lowest BCUT2D eigenvalue weighted by Gasteiger charge is -2.33. The van der Waals surface area contributed by atoms with E-state index in [1.165, 1.54) is 15.9 Å². The van der Waals surface area contributed by atoms with E-state index in [1.54, 1.807) is 43.3 Å². The number of halogens is 1. The normalized spacial score (nSPS) is 15.6. The van der Waals surface area contributed by atoms with Crippen LogP contribution in [0.4, 0.5) is 10.1 Å². The number of para-hydroxylation sites is 1. The van der Waals surface area contributed by atoms with Crippen molar-refractivity contribution in [1.82, 2.24) is 4.90 Å². The van der Waals surface area contributed by atoms with Gasteiger partial charge in [0.2, 0.25) is 12.3 Å². The molecule has 3 rings (SSSR count). The molecule has 2 aromatic carbocycles. The Hall–Kier alpha value is -3.42. The second-order valence-corrected chi connectivity index (χ2v) is 7.59. The predicted molar refractivity (Wildman–Crippen MR) is 116 cm³/mol.